The van der Waals surface area contributed by atoms with Crippen LogP contribution in [-0.2, 0) is 17.9 Å². The lowest BCUT2D eigenvalue weighted by Gasteiger charge is -2.09. The Bertz CT molecular complexity index is 839. The van der Waals surface area contributed by atoms with E-state index in [0.29, 0.717) is 24.5 Å². The molecule has 3 rings (SSSR count). The fourth-order valence-electron chi connectivity index (χ4n) is 2.62. The van der Waals surface area contributed by atoms with Crippen LogP contribution in [0.15, 0.2) is 48.5 Å². The maximum absolute atomic E-state index is 11.9. The summed E-state index contributed by atoms with van der Waals surface area (Å²) in [6.07, 6.45) is 0. The number of hydrogen-bond donors (Lipinski definition) is 1. The first-order chi connectivity index (χ1) is 11.2. The van der Waals surface area contributed by atoms with Gasteiger partial charge in [-0.05, 0) is 36.8 Å². The lowest BCUT2D eigenvalue weighted by Crippen LogP contribution is -2.08. The molecule has 0 saturated carbocycles. The second kappa shape index (κ2) is 6.62. The van der Waals surface area contributed by atoms with Crippen molar-refractivity contribution in [2.24, 2.45) is 0 Å². The Morgan fingerprint density at radius 2 is 2.04 bits per heavy atom. The van der Waals surface area contributed by atoms with E-state index in [1.54, 1.807) is 13.0 Å². The number of carbonyl (C=O) groups is 1. The fourth-order valence-corrected chi connectivity index (χ4v) is 2.62. The molecule has 0 saturated heterocycles. The summed E-state index contributed by atoms with van der Waals surface area (Å²) in [6, 6.07) is 15.1. The summed E-state index contributed by atoms with van der Waals surface area (Å²) < 4.78 is 6.99. The number of fused-ring (bicyclic) bond motifs is 1. The molecule has 1 N–H and O–H groups in total. The number of esters is 1. The summed E-state index contributed by atoms with van der Waals surface area (Å²) in [7, 11) is 0. The van der Waals surface area contributed by atoms with Gasteiger partial charge in [-0.2, -0.15) is 0 Å². The molecule has 0 aliphatic heterocycles. The number of carbonyl (C=O) groups excluding carboxylic acids is 1. The number of rotatable bonds is 5. The van der Waals surface area contributed by atoms with Gasteiger partial charge in [-0.25, -0.2) is 9.78 Å². The standard InChI is InChI=1S/C18H18N2O3/c1-2-23-18(22)14-7-5-6-13(10-14)11-20-16-9-4-3-8-15(16)19-17(20)12-21/h3-10,21H,2,11-12H2,1H3. The van der Waals surface area contributed by atoms with E-state index in [0.717, 1.165) is 16.6 Å². The molecule has 0 bridgehead atoms. The van der Waals surface area contributed by atoms with Crippen molar-refractivity contribution in [1.82, 2.24) is 9.55 Å². The summed E-state index contributed by atoms with van der Waals surface area (Å²) in [5.41, 5.74) is 3.28. The minimum absolute atomic E-state index is 0.133. The van der Waals surface area contributed by atoms with Crippen LogP contribution < -0.4 is 0 Å². The van der Waals surface area contributed by atoms with Gasteiger partial charge in [0.15, 0.2) is 0 Å². The quantitative estimate of drug-likeness (QED) is 0.736. The molecule has 118 valence electrons. The number of nitrogens with zero attached hydrogens (tertiary/aromatic N) is 2. The van der Waals surface area contributed by atoms with E-state index >= 15 is 0 Å². The van der Waals surface area contributed by atoms with Gasteiger partial charge in [0.05, 0.1) is 23.2 Å². The number of ether oxygens (including phenoxy) is 1. The van der Waals surface area contributed by atoms with Gasteiger partial charge in [-0.3, -0.25) is 0 Å². The van der Waals surface area contributed by atoms with E-state index in [2.05, 4.69) is 4.98 Å². The largest absolute Gasteiger partial charge is 0.462 e. The Balaban J connectivity index is 1.96. The highest BCUT2D eigenvalue weighted by Crippen LogP contribution is 2.18. The number of hydrogen-bond acceptors (Lipinski definition) is 4. The van der Waals surface area contributed by atoms with Gasteiger partial charge in [0.1, 0.15) is 12.4 Å². The third-order valence-corrected chi connectivity index (χ3v) is 3.65. The lowest BCUT2D eigenvalue weighted by atomic mass is 10.1. The Labute approximate surface area is 134 Å². The highest BCUT2D eigenvalue weighted by molar-refractivity contribution is 5.89. The number of benzene rings is 2. The number of imidazole rings is 1. The zero-order valence-electron chi connectivity index (χ0n) is 12.9. The van der Waals surface area contributed by atoms with Crippen LogP contribution in [0, 0.1) is 0 Å². The van der Waals surface area contributed by atoms with Gasteiger partial charge < -0.3 is 14.4 Å². The molecule has 0 fully saturated rings. The molecule has 0 unspecified atom stereocenters. The van der Waals surface area contributed by atoms with Crippen LogP contribution in [0.4, 0.5) is 0 Å². The third-order valence-electron chi connectivity index (χ3n) is 3.65. The van der Waals surface area contributed by atoms with Crippen molar-refractivity contribution in [3.63, 3.8) is 0 Å². The van der Waals surface area contributed by atoms with Crippen LogP contribution in [-0.4, -0.2) is 27.2 Å². The number of aliphatic hydroxyl groups is 1. The molecule has 0 spiro atoms. The van der Waals surface area contributed by atoms with Crippen molar-refractivity contribution < 1.29 is 14.6 Å². The lowest BCUT2D eigenvalue weighted by molar-refractivity contribution is 0.0526. The van der Waals surface area contributed by atoms with E-state index in [1.165, 1.54) is 0 Å². The van der Waals surface area contributed by atoms with E-state index in [4.69, 9.17) is 4.74 Å². The SMILES string of the molecule is CCOC(=O)c1cccc(Cn2c(CO)nc3ccccc32)c1. The number of aliphatic hydroxyl groups excluding tert-OH is 1. The van der Waals surface area contributed by atoms with E-state index in [1.807, 2.05) is 47.0 Å². The van der Waals surface area contributed by atoms with Crippen LogP contribution in [0.1, 0.15) is 28.7 Å². The maximum Gasteiger partial charge on any atom is 0.338 e. The molecule has 0 aliphatic rings. The second-order valence-electron chi connectivity index (χ2n) is 5.18. The minimum atomic E-state index is -0.327. The molecule has 1 heterocycles. The molecular weight excluding hydrogens is 292 g/mol. The predicted molar refractivity (Wildman–Crippen MR) is 87.2 cm³/mol. The average molecular weight is 310 g/mol. The van der Waals surface area contributed by atoms with E-state index < -0.39 is 0 Å². The number of aromatic nitrogens is 2. The van der Waals surface area contributed by atoms with Crippen LogP contribution in [0.2, 0.25) is 0 Å². The smallest absolute Gasteiger partial charge is 0.338 e. The monoisotopic (exact) mass is 310 g/mol. The third kappa shape index (κ3) is 3.10. The second-order valence-corrected chi connectivity index (χ2v) is 5.18. The van der Waals surface area contributed by atoms with Gasteiger partial charge in [0, 0.05) is 6.54 Å². The van der Waals surface area contributed by atoms with Gasteiger partial charge in [-0.1, -0.05) is 24.3 Å². The Kier molecular flexibility index (Phi) is 4.39. The van der Waals surface area contributed by atoms with Crippen molar-refractivity contribution in [2.45, 2.75) is 20.1 Å². The normalized spacial score (nSPS) is 10.9. The molecule has 1 aromatic heterocycles. The van der Waals surface area contributed by atoms with E-state index in [-0.39, 0.29) is 12.6 Å². The van der Waals surface area contributed by atoms with Gasteiger partial charge >= 0.3 is 5.97 Å². The predicted octanol–water partition coefficient (Wildman–Crippen LogP) is 2.75. The highest BCUT2D eigenvalue weighted by atomic mass is 16.5. The molecule has 0 radical (unpaired) electrons. The molecule has 0 atom stereocenters. The molecule has 5 heteroatoms. The van der Waals surface area contributed by atoms with Crippen molar-refractivity contribution in [3.05, 3.63) is 65.5 Å². The molecular formula is C18H18N2O3. The Hall–Kier alpha value is -2.66. The summed E-state index contributed by atoms with van der Waals surface area (Å²) in [6.45, 7) is 2.53. The summed E-state index contributed by atoms with van der Waals surface area (Å²) in [5, 5.41) is 9.55. The average Bonchev–Trinajstić information content (AvgIpc) is 2.93. The topological polar surface area (TPSA) is 64.3 Å². The van der Waals surface area contributed by atoms with Gasteiger partial charge in [0.2, 0.25) is 0 Å². The first kappa shape index (κ1) is 15.2. The highest BCUT2D eigenvalue weighted by Gasteiger charge is 2.11. The molecule has 0 amide bonds. The Morgan fingerprint density at radius 3 is 2.83 bits per heavy atom. The first-order valence-corrected chi connectivity index (χ1v) is 7.54. The van der Waals surface area contributed by atoms with Crippen LogP contribution in [0.25, 0.3) is 11.0 Å². The van der Waals surface area contributed by atoms with Crippen molar-refractivity contribution in [3.8, 4) is 0 Å². The zero-order chi connectivity index (χ0) is 16.2. The summed E-state index contributed by atoms with van der Waals surface area (Å²) in [4.78, 5) is 16.3. The Morgan fingerprint density at radius 1 is 1.22 bits per heavy atom. The van der Waals surface area contributed by atoms with Crippen molar-refractivity contribution in [1.29, 1.82) is 0 Å². The zero-order valence-corrected chi connectivity index (χ0v) is 12.9. The van der Waals surface area contributed by atoms with Crippen LogP contribution in [0.5, 0.6) is 0 Å². The molecule has 23 heavy (non-hydrogen) atoms. The summed E-state index contributed by atoms with van der Waals surface area (Å²) in [5.74, 6) is 0.278. The van der Waals surface area contributed by atoms with Gasteiger partial charge in [0.25, 0.3) is 0 Å². The molecule has 0 aliphatic carbocycles. The van der Waals surface area contributed by atoms with Gasteiger partial charge in [-0.15, -0.1) is 0 Å². The van der Waals surface area contributed by atoms with Crippen molar-refractivity contribution >= 4 is 17.0 Å². The minimum Gasteiger partial charge on any atom is -0.462 e. The fraction of sp³-hybridized carbons (Fsp3) is 0.222. The summed E-state index contributed by atoms with van der Waals surface area (Å²) >= 11 is 0. The molecule has 2 aromatic carbocycles. The van der Waals surface area contributed by atoms with Crippen LogP contribution in [0.3, 0.4) is 0 Å². The van der Waals surface area contributed by atoms with E-state index in [9.17, 15) is 9.90 Å². The van der Waals surface area contributed by atoms with Crippen LogP contribution >= 0.6 is 0 Å². The molecule has 5 nitrogen and oxygen atoms in total. The first-order valence-electron chi connectivity index (χ1n) is 7.54. The van der Waals surface area contributed by atoms with Crippen molar-refractivity contribution in [2.75, 3.05) is 6.61 Å². The maximum atomic E-state index is 11.9. The molecule has 3 aromatic rings. The number of para-hydroxylation sites is 2.